The summed E-state index contributed by atoms with van der Waals surface area (Å²) in [5.41, 5.74) is 0.680. The molecule has 0 spiro atoms. The van der Waals surface area contributed by atoms with Gasteiger partial charge in [-0.25, -0.2) is 0 Å². The Labute approximate surface area is 113 Å². The topological polar surface area (TPSA) is 42.2 Å². The van der Waals surface area contributed by atoms with Crippen LogP contribution in [0.25, 0.3) is 0 Å². The minimum Gasteiger partial charge on any atom is -0.466 e. The highest BCUT2D eigenvalue weighted by atomic mass is 32.2. The lowest BCUT2D eigenvalue weighted by molar-refractivity contribution is 0.0937. The fourth-order valence-electron chi connectivity index (χ4n) is 2.61. The predicted octanol–water partition coefficient (Wildman–Crippen LogP) is 3.30. The molecule has 1 saturated carbocycles. The van der Waals surface area contributed by atoms with Crippen molar-refractivity contribution in [1.29, 1.82) is 0 Å². The van der Waals surface area contributed by atoms with Crippen LogP contribution in [0.1, 0.15) is 48.1 Å². The van der Waals surface area contributed by atoms with Crippen LogP contribution in [-0.4, -0.2) is 23.0 Å². The fraction of sp³-hybridized carbons (Fsp3) is 0.643. The van der Waals surface area contributed by atoms with Gasteiger partial charge in [0.1, 0.15) is 11.5 Å². The molecule has 0 aliphatic heterocycles. The van der Waals surface area contributed by atoms with E-state index in [0.717, 1.165) is 17.9 Å². The third-order valence-corrected chi connectivity index (χ3v) is 4.76. The standard InChI is InChI=1S/C14H21NO2S/c1-4-18-13-7-5-6-12(13)15-14(16)11-8-9(2)17-10(11)3/h8,12-13H,4-7H2,1-3H3,(H,15,16)/t12-,13+/m1/s1. The second-order valence-electron chi connectivity index (χ2n) is 4.83. The third-order valence-electron chi connectivity index (χ3n) is 3.44. The lowest BCUT2D eigenvalue weighted by Crippen LogP contribution is -2.38. The van der Waals surface area contributed by atoms with Crippen molar-refractivity contribution in [2.45, 2.75) is 51.3 Å². The first-order valence-electron chi connectivity index (χ1n) is 6.61. The van der Waals surface area contributed by atoms with Gasteiger partial charge in [0.15, 0.2) is 0 Å². The lowest BCUT2D eigenvalue weighted by Gasteiger charge is -2.19. The highest BCUT2D eigenvalue weighted by Gasteiger charge is 2.29. The molecule has 1 amide bonds. The van der Waals surface area contributed by atoms with Crippen molar-refractivity contribution in [3.63, 3.8) is 0 Å². The summed E-state index contributed by atoms with van der Waals surface area (Å²) < 4.78 is 5.41. The van der Waals surface area contributed by atoms with E-state index in [1.165, 1.54) is 12.8 Å². The van der Waals surface area contributed by atoms with Gasteiger partial charge >= 0.3 is 0 Å². The number of hydrogen-bond donors (Lipinski definition) is 1. The molecule has 1 heterocycles. The molecule has 2 rings (SSSR count). The molecule has 0 bridgehead atoms. The van der Waals surface area contributed by atoms with Crippen LogP contribution in [0.15, 0.2) is 10.5 Å². The van der Waals surface area contributed by atoms with Crippen LogP contribution in [0.3, 0.4) is 0 Å². The van der Waals surface area contributed by atoms with E-state index in [4.69, 9.17) is 4.42 Å². The Hall–Kier alpha value is -0.900. The Morgan fingerprint density at radius 3 is 2.89 bits per heavy atom. The van der Waals surface area contributed by atoms with Crippen LogP contribution in [0, 0.1) is 13.8 Å². The van der Waals surface area contributed by atoms with E-state index in [1.54, 1.807) is 0 Å². The van der Waals surface area contributed by atoms with E-state index in [1.807, 2.05) is 31.7 Å². The van der Waals surface area contributed by atoms with Crippen LogP contribution < -0.4 is 5.32 Å². The van der Waals surface area contributed by atoms with Gasteiger partial charge in [-0.15, -0.1) is 0 Å². The van der Waals surface area contributed by atoms with Crippen molar-refractivity contribution in [2.24, 2.45) is 0 Å². The summed E-state index contributed by atoms with van der Waals surface area (Å²) in [5.74, 6) is 2.63. The highest BCUT2D eigenvalue weighted by Crippen LogP contribution is 2.30. The smallest absolute Gasteiger partial charge is 0.255 e. The van der Waals surface area contributed by atoms with E-state index < -0.39 is 0 Å². The molecule has 0 unspecified atom stereocenters. The van der Waals surface area contributed by atoms with E-state index in [0.29, 0.717) is 22.6 Å². The third kappa shape index (κ3) is 2.91. The molecule has 4 heteroatoms. The predicted molar refractivity (Wildman–Crippen MR) is 75.2 cm³/mol. The maximum absolute atomic E-state index is 12.2. The first-order valence-corrected chi connectivity index (χ1v) is 7.66. The van der Waals surface area contributed by atoms with E-state index in [9.17, 15) is 4.79 Å². The molecule has 1 aromatic rings. The van der Waals surface area contributed by atoms with Crippen LogP contribution in [0.4, 0.5) is 0 Å². The fourth-order valence-corrected chi connectivity index (χ4v) is 3.81. The molecule has 1 aromatic heterocycles. The molecule has 18 heavy (non-hydrogen) atoms. The molecule has 1 aliphatic rings. The van der Waals surface area contributed by atoms with Crippen molar-refractivity contribution >= 4 is 17.7 Å². The van der Waals surface area contributed by atoms with Gasteiger partial charge in [-0.1, -0.05) is 13.3 Å². The van der Waals surface area contributed by atoms with Gasteiger partial charge in [0.25, 0.3) is 5.91 Å². The number of nitrogens with one attached hydrogen (secondary N) is 1. The molecule has 2 atom stereocenters. The monoisotopic (exact) mass is 267 g/mol. The maximum Gasteiger partial charge on any atom is 0.255 e. The van der Waals surface area contributed by atoms with Crippen LogP contribution in [-0.2, 0) is 0 Å². The minimum absolute atomic E-state index is 0.0120. The lowest BCUT2D eigenvalue weighted by atomic mass is 10.2. The molecule has 1 fully saturated rings. The van der Waals surface area contributed by atoms with Gasteiger partial charge in [-0.05, 0) is 38.5 Å². The quantitative estimate of drug-likeness (QED) is 0.910. The van der Waals surface area contributed by atoms with Gasteiger partial charge < -0.3 is 9.73 Å². The van der Waals surface area contributed by atoms with Crippen LogP contribution in [0.2, 0.25) is 0 Å². The first-order chi connectivity index (χ1) is 8.61. The molecular weight excluding hydrogens is 246 g/mol. The summed E-state index contributed by atoms with van der Waals surface area (Å²) >= 11 is 1.96. The summed E-state index contributed by atoms with van der Waals surface area (Å²) in [5, 5.41) is 3.74. The molecule has 1 N–H and O–H groups in total. The second kappa shape index (κ2) is 5.83. The molecule has 3 nitrogen and oxygen atoms in total. The number of amides is 1. The largest absolute Gasteiger partial charge is 0.466 e. The normalized spacial score (nSPS) is 23.3. The molecule has 100 valence electrons. The van der Waals surface area contributed by atoms with E-state index in [-0.39, 0.29) is 5.91 Å². The number of aryl methyl sites for hydroxylation is 2. The molecule has 0 radical (unpaired) electrons. The Bertz CT molecular complexity index is 427. The van der Waals surface area contributed by atoms with Gasteiger partial charge in [0, 0.05) is 11.3 Å². The summed E-state index contributed by atoms with van der Waals surface area (Å²) in [6.45, 7) is 5.88. The Kier molecular flexibility index (Phi) is 4.38. The first kappa shape index (κ1) is 13.5. The van der Waals surface area contributed by atoms with Gasteiger partial charge in [0.05, 0.1) is 5.56 Å². The number of carbonyl (C=O) groups excluding carboxylic acids is 1. The van der Waals surface area contributed by atoms with Crippen LogP contribution in [0.5, 0.6) is 0 Å². The van der Waals surface area contributed by atoms with Gasteiger partial charge in [0.2, 0.25) is 0 Å². The van der Waals surface area contributed by atoms with Crippen molar-refractivity contribution in [2.75, 3.05) is 5.75 Å². The molecular formula is C14H21NO2S. The van der Waals surface area contributed by atoms with Gasteiger partial charge in [-0.3, -0.25) is 4.79 Å². The number of hydrogen-bond acceptors (Lipinski definition) is 3. The summed E-state index contributed by atoms with van der Waals surface area (Å²) in [4.78, 5) is 12.2. The zero-order valence-corrected chi connectivity index (χ0v) is 12.1. The average molecular weight is 267 g/mol. The Morgan fingerprint density at radius 1 is 1.50 bits per heavy atom. The zero-order valence-electron chi connectivity index (χ0n) is 11.3. The average Bonchev–Trinajstić information content (AvgIpc) is 2.87. The molecule has 1 aliphatic carbocycles. The highest BCUT2D eigenvalue weighted by molar-refractivity contribution is 7.99. The molecule has 0 saturated heterocycles. The summed E-state index contributed by atoms with van der Waals surface area (Å²) in [6.07, 6.45) is 3.53. The number of furan rings is 1. The Morgan fingerprint density at radius 2 is 2.28 bits per heavy atom. The maximum atomic E-state index is 12.2. The van der Waals surface area contributed by atoms with Crippen LogP contribution >= 0.6 is 11.8 Å². The summed E-state index contributed by atoms with van der Waals surface area (Å²) in [6, 6.07) is 2.14. The minimum atomic E-state index is 0.0120. The van der Waals surface area contributed by atoms with Crippen molar-refractivity contribution < 1.29 is 9.21 Å². The molecule has 0 aromatic carbocycles. The summed E-state index contributed by atoms with van der Waals surface area (Å²) in [7, 11) is 0. The second-order valence-corrected chi connectivity index (χ2v) is 6.35. The van der Waals surface area contributed by atoms with Crippen molar-refractivity contribution in [1.82, 2.24) is 5.32 Å². The Balaban J connectivity index is 2.00. The van der Waals surface area contributed by atoms with Crippen molar-refractivity contribution in [3.05, 3.63) is 23.2 Å². The number of rotatable bonds is 4. The van der Waals surface area contributed by atoms with Crippen molar-refractivity contribution in [3.8, 4) is 0 Å². The zero-order chi connectivity index (χ0) is 13.1. The van der Waals surface area contributed by atoms with E-state index >= 15 is 0 Å². The SMILES string of the molecule is CCS[C@H]1CCC[C@H]1NC(=O)c1cc(C)oc1C. The van der Waals surface area contributed by atoms with Gasteiger partial charge in [-0.2, -0.15) is 11.8 Å². The number of thioether (sulfide) groups is 1. The van der Waals surface area contributed by atoms with E-state index in [2.05, 4.69) is 12.2 Å². The number of carbonyl (C=O) groups is 1.